The lowest BCUT2D eigenvalue weighted by Crippen LogP contribution is -2.55. The summed E-state index contributed by atoms with van der Waals surface area (Å²) < 4.78 is 22.9. The molecule has 0 radical (unpaired) electrons. The Bertz CT molecular complexity index is 448. The van der Waals surface area contributed by atoms with Gasteiger partial charge in [0.25, 0.3) is 0 Å². The summed E-state index contributed by atoms with van der Waals surface area (Å²) in [6.07, 6.45) is 0.652. The van der Waals surface area contributed by atoms with Crippen LogP contribution in [-0.2, 0) is 14.6 Å². The van der Waals surface area contributed by atoms with E-state index in [4.69, 9.17) is 5.11 Å². The molecule has 0 aliphatic carbocycles. The van der Waals surface area contributed by atoms with E-state index in [2.05, 4.69) is 0 Å². The van der Waals surface area contributed by atoms with Gasteiger partial charge in [-0.15, -0.1) is 0 Å². The Hall–Kier alpha value is -1.31. The second-order valence-corrected chi connectivity index (χ2v) is 6.98. The van der Waals surface area contributed by atoms with Gasteiger partial charge in [-0.05, 0) is 13.3 Å². The van der Waals surface area contributed by atoms with Crippen LogP contribution in [0.1, 0.15) is 20.3 Å². The smallest absolute Gasteiger partial charge is 0.323 e. The maximum absolute atomic E-state index is 12.2. The third-order valence-corrected chi connectivity index (χ3v) is 4.80. The third kappa shape index (κ3) is 4.38. The number of nitrogens with zero attached hydrogens (tertiary/aromatic N) is 2. The SMILES string of the molecule is CCCN(CC(=O)O)C(=O)N1CCS(=O)(=O)CC1C. The molecule has 2 amide bonds. The first kappa shape index (κ1) is 15.7. The number of hydrogen-bond donors (Lipinski definition) is 1. The van der Waals surface area contributed by atoms with E-state index < -0.39 is 27.9 Å². The van der Waals surface area contributed by atoms with Gasteiger partial charge in [0.1, 0.15) is 6.54 Å². The zero-order valence-electron chi connectivity index (χ0n) is 11.2. The minimum Gasteiger partial charge on any atom is -0.480 e. The van der Waals surface area contributed by atoms with Gasteiger partial charge in [-0.2, -0.15) is 0 Å². The molecule has 1 unspecified atom stereocenters. The molecule has 8 heteroatoms. The van der Waals surface area contributed by atoms with Gasteiger partial charge in [-0.1, -0.05) is 6.92 Å². The number of carbonyl (C=O) groups is 2. The van der Waals surface area contributed by atoms with Crippen molar-refractivity contribution in [1.29, 1.82) is 0 Å². The quantitative estimate of drug-likeness (QED) is 0.788. The largest absolute Gasteiger partial charge is 0.480 e. The van der Waals surface area contributed by atoms with Crippen LogP contribution >= 0.6 is 0 Å². The van der Waals surface area contributed by atoms with Gasteiger partial charge in [-0.3, -0.25) is 4.79 Å². The lowest BCUT2D eigenvalue weighted by Gasteiger charge is -2.36. The van der Waals surface area contributed by atoms with Crippen molar-refractivity contribution >= 4 is 21.8 Å². The maximum atomic E-state index is 12.2. The summed E-state index contributed by atoms with van der Waals surface area (Å²) in [6, 6.07) is -0.814. The molecule has 1 N–H and O–H groups in total. The van der Waals surface area contributed by atoms with Crippen LogP contribution < -0.4 is 0 Å². The molecule has 0 aromatic carbocycles. The highest BCUT2D eigenvalue weighted by Crippen LogP contribution is 2.14. The van der Waals surface area contributed by atoms with Crippen LogP contribution in [0, 0.1) is 0 Å². The van der Waals surface area contributed by atoms with Crippen molar-refractivity contribution in [3.8, 4) is 0 Å². The minimum absolute atomic E-state index is 0.0594. The molecule has 1 fully saturated rings. The van der Waals surface area contributed by atoms with Gasteiger partial charge in [0.2, 0.25) is 0 Å². The van der Waals surface area contributed by atoms with E-state index in [0.717, 1.165) is 0 Å². The molecule has 0 bridgehead atoms. The molecule has 0 saturated carbocycles. The number of carbonyl (C=O) groups excluding carboxylic acids is 1. The van der Waals surface area contributed by atoms with Crippen molar-refractivity contribution in [3.63, 3.8) is 0 Å². The fraction of sp³-hybridized carbons (Fsp3) is 0.818. The van der Waals surface area contributed by atoms with Crippen LogP contribution in [0.15, 0.2) is 0 Å². The zero-order chi connectivity index (χ0) is 14.6. The number of aliphatic carboxylic acids is 1. The number of urea groups is 1. The molecule has 0 aromatic heterocycles. The summed E-state index contributed by atoms with van der Waals surface area (Å²) >= 11 is 0. The molecule has 1 aliphatic rings. The molecule has 1 saturated heterocycles. The highest BCUT2D eigenvalue weighted by Gasteiger charge is 2.33. The van der Waals surface area contributed by atoms with Crippen LogP contribution in [0.2, 0.25) is 0 Å². The van der Waals surface area contributed by atoms with Gasteiger partial charge in [-0.25, -0.2) is 13.2 Å². The first-order valence-electron chi connectivity index (χ1n) is 6.24. The molecule has 0 spiro atoms. The lowest BCUT2D eigenvalue weighted by atomic mass is 10.3. The Morgan fingerprint density at radius 2 is 2.05 bits per heavy atom. The molecular weight excluding hydrogens is 272 g/mol. The van der Waals surface area contributed by atoms with Crippen LogP contribution in [0.3, 0.4) is 0 Å². The average Bonchev–Trinajstić information content (AvgIpc) is 2.26. The standard InChI is InChI=1S/C11H20N2O5S/c1-3-4-12(7-10(14)15)11(16)13-5-6-19(17,18)8-9(13)2/h9H,3-8H2,1-2H3,(H,14,15). The molecule has 1 aliphatic heterocycles. The number of carboxylic acid groups (broad SMARTS) is 1. The fourth-order valence-corrected chi connectivity index (χ4v) is 3.70. The fourth-order valence-electron chi connectivity index (χ4n) is 2.14. The van der Waals surface area contributed by atoms with Gasteiger partial charge in [0.05, 0.1) is 11.5 Å². The molecule has 0 aromatic rings. The molecular formula is C11H20N2O5S. The van der Waals surface area contributed by atoms with E-state index in [1.165, 1.54) is 9.80 Å². The van der Waals surface area contributed by atoms with Gasteiger partial charge in [0, 0.05) is 19.1 Å². The van der Waals surface area contributed by atoms with Crippen molar-refractivity contribution in [1.82, 2.24) is 9.80 Å². The second-order valence-electron chi connectivity index (χ2n) is 4.75. The van der Waals surface area contributed by atoms with E-state index in [1.807, 2.05) is 6.92 Å². The van der Waals surface area contributed by atoms with E-state index >= 15 is 0 Å². The van der Waals surface area contributed by atoms with E-state index in [-0.39, 0.29) is 24.6 Å². The van der Waals surface area contributed by atoms with E-state index in [0.29, 0.717) is 13.0 Å². The first-order chi connectivity index (χ1) is 8.76. The monoisotopic (exact) mass is 292 g/mol. The van der Waals surface area contributed by atoms with Crippen LogP contribution in [0.4, 0.5) is 4.79 Å². The Morgan fingerprint density at radius 1 is 1.42 bits per heavy atom. The average molecular weight is 292 g/mol. The Morgan fingerprint density at radius 3 is 2.53 bits per heavy atom. The topological polar surface area (TPSA) is 95.0 Å². The summed E-state index contributed by atoms with van der Waals surface area (Å²) in [5, 5.41) is 8.80. The third-order valence-electron chi connectivity index (χ3n) is 3.01. The Labute approximate surface area is 113 Å². The number of sulfone groups is 1. The summed E-state index contributed by atoms with van der Waals surface area (Å²) in [5.41, 5.74) is 0. The van der Waals surface area contributed by atoms with Crippen molar-refractivity contribution in [3.05, 3.63) is 0 Å². The van der Waals surface area contributed by atoms with Gasteiger partial charge < -0.3 is 14.9 Å². The van der Waals surface area contributed by atoms with Crippen molar-refractivity contribution in [2.45, 2.75) is 26.3 Å². The number of rotatable bonds is 4. The summed E-state index contributed by atoms with van der Waals surface area (Å²) in [6.45, 7) is 3.64. The molecule has 7 nitrogen and oxygen atoms in total. The summed E-state index contributed by atoms with van der Waals surface area (Å²) in [5.74, 6) is -1.19. The van der Waals surface area contributed by atoms with E-state index in [1.54, 1.807) is 6.92 Å². The van der Waals surface area contributed by atoms with Crippen molar-refractivity contribution < 1.29 is 23.1 Å². The molecule has 1 atom stereocenters. The number of carboxylic acids is 1. The Kier molecular flexibility index (Phi) is 5.16. The van der Waals surface area contributed by atoms with Crippen LogP contribution in [-0.4, -0.2) is 72.5 Å². The molecule has 1 rings (SSSR count). The zero-order valence-corrected chi connectivity index (χ0v) is 12.0. The van der Waals surface area contributed by atoms with Crippen LogP contribution in [0.5, 0.6) is 0 Å². The van der Waals surface area contributed by atoms with Gasteiger partial charge >= 0.3 is 12.0 Å². The molecule has 1 heterocycles. The molecule has 110 valence electrons. The highest BCUT2D eigenvalue weighted by atomic mass is 32.2. The molecule has 19 heavy (non-hydrogen) atoms. The minimum atomic E-state index is -3.09. The number of hydrogen-bond acceptors (Lipinski definition) is 4. The Balaban J connectivity index is 2.76. The number of amides is 2. The van der Waals surface area contributed by atoms with Crippen molar-refractivity contribution in [2.75, 3.05) is 31.1 Å². The maximum Gasteiger partial charge on any atom is 0.323 e. The van der Waals surface area contributed by atoms with Crippen LogP contribution in [0.25, 0.3) is 0 Å². The lowest BCUT2D eigenvalue weighted by molar-refractivity contribution is -0.137. The summed E-state index contributed by atoms with van der Waals surface area (Å²) in [7, 11) is -3.09. The normalized spacial score (nSPS) is 22.0. The first-order valence-corrected chi connectivity index (χ1v) is 8.06. The highest BCUT2D eigenvalue weighted by molar-refractivity contribution is 7.91. The predicted molar refractivity (Wildman–Crippen MR) is 69.7 cm³/mol. The van der Waals surface area contributed by atoms with Crippen molar-refractivity contribution in [2.24, 2.45) is 0 Å². The van der Waals surface area contributed by atoms with Gasteiger partial charge in [0.15, 0.2) is 9.84 Å². The second kappa shape index (κ2) is 6.23. The summed E-state index contributed by atoms with van der Waals surface area (Å²) in [4.78, 5) is 25.7. The van der Waals surface area contributed by atoms with E-state index in [9.17, 15) is 18.0 Å². The predicted octanol–water partition coefficient (Wildman–Crippen LogP) is 0.0219.